The van der Waals surface area contributed by atoms with Gasteiger partial charge in [-0.15, -0.1) is 11.3 Å². The van der Waals surface area contributed by atoms with Gasteiger partial charge in [0.1, 0.15) is 5.01 Å². The number of hydrogen-bond donors (Lipinski definition) is 0. The lowest BCUT2D eigenvalue weighted by molar-refractivity contribution is -0.137. The molecule has 0 atom stereocenters. The molecule has 0 saturated carbocycles. The summed E-state index contributed by atoms with van der Waals surface area (Å²) in [5.41, 5.74) is 1.92. The van der Waals surface area contributed by atoms with Crippen LogP contribution in [-0.2, 0) is 6.18 Å². The maximum atomic E-state index is 12.8. The maximum absolute atomic E-state index is 12.8. The molecule has 24 heavy (non-hydrogen) atoms. The standard InChI is InChI=1S/C16H9Cl2F3N2S/c1-8-2-3-22-6-10(8)13-7-24-15(23-13)14-11(17)4-9(5-12(14)18)16(19,20)21/h2-7H,1H3. The fourth-order valence-corrected chi connectivity index (χ4v) is 3.86. The summed E-state index contributed by atoms with van der Waals surface area (Å²) in [6.07, 6.45) is -1.15. The Bertz CT molecular complexity index is 883. The van der Waals surface area contributed by atoms with Gasteiger partial charge in [0.15, 0.2) is 0 Å². The van der Waals surface area contributed by atoms with Crippen LogP contribution in [0.25, 0.3) is 21.8 Å². The van der Waals surface area contributed by atoms with Crippen LogP contribution < -0.4 is 0 Å². The Kier molecular flexibility index (Phi) is 4.55. The van der Waals surface area contributed by atoms with Crippen molar-refractivity contribution in [3.63, 3.8) is 0 Å². The predicted molar refractivity (Wildman–Crippen MR) is 90.5 cm³/mol. The molecular weight excluding hydrogens is 380 g/mol. The minimum Gasteiger partial charge on any atom is -0.264 e. The van der Waals surface area contributed by atoms with E-state index in [2.05, 4.69) is 9.97 Å². The molecule has 2 aromatic heterocycles. The largest absolute Gasteiger partial charge is 0.416 e. The lowest BCUT2D eigenvalue weighted by Gasteiger charge is -2.10. The highest BCUT2D eigenvalue weighted by atomic mass is 35.5. The van der Waals surface area contributed by atoms with E-state index in [4.69, 9.17) is 23.2 Å². The van der Waals surface area contributed by atoms with Crippen molar-refractivity contribution in [3.8, 4) is 21.8 Å². The van der Waals surface area contributed by atoms with Gasteiger partial charge in [-0.3, -0.25) is 4.98 Å². The second kappa shape index (κ2) is 6.35. The fraction of sp³-hybridized carbons (Fsp3) is 0.125. The van der Waals surface area contributed by atoms with E-state index < -0.39 is 11.7 Å². The predicted octanol–water partition coefficient (Wildman–Crippen LogP) is 6.51. The molecule has 0 aliphatic rings. The monoisotopic (exact) mass is 388 g/mol. The molecule has 0 spiro atoms. The van der Waals surface area contributed by atoms with E-state index in [0.29, 0.717) is 16.3 Å². The number of aromatic nitrogens is 2. The summed E-state index contributed by atoms with van der Waals surface area (Å²) in [4.78, 5) is 8.52. The molecule has 0 bridgehead atoms. The second-order valence-electron chi connectivity index (χ2n) is 5.04. The van der Waals surface area contributed by atoms with Crippen molar-refractivity contribution in [1.29, 1.82) is 0 Å². The number of aryl methyl sites for hydroxylation is 1. The van der Waals surface area contributed by atoms with Crippen LogP contribution in [-0.4, -0.2) is 9.97 Å². The van der Waals surface area contributed by atoms with Crippen molar-refractivity contribution >= 4 is 34.5 Å². The molecule has 124 valence electrons. The molecule has 0 aliphatic carbocycles. The van der Waals surface area contributed by atoms with Crippen molar-refractivity contribution in [2.75, 3.05) is 0 Å². The highest BCUT2D eigenvalue weighted by Crippen LogP contribution is 2.42. The van der Waals surface area contributed by atoms with E-state index in [1.54, 1.807) is 17.8 Å². The van der Waals surface area contributed by atoms with Crippen molar-refractivity contribution in [2.45, 2.75) is 13.1 Å². The van der Waals surface area contributed by atoms with E-state index in [1.165, 1.54) is 11.3 Å². The van der Waals surface area contributed by atoms with Crippen molar-refractivity contribution in [3.05, 3.63) is 57.1 Å². The van der Waals surface area contributed by atoms with Crippen molar-refractivity contribution in [2.24, 2.45) is 0 Å². The average Bonchev–Trinajstić information content (AvgIpc) is 2.95. The Labute approximate surface area is 149 Å². The summed E-state index contributed by atoms with van der Waals surface area (Å²) in [5, 5.41) is 2.08. The number of hydrogen-bond acceptors (Lipinski definition) is 3. The Balaban J connectivity index is 2.07. The van der Waals surface area contributed by atoms with Crippen LogP contribution in [0.5, 0.6) is 0 Å². The third kappa shape index (κ3) is 3.27. The summed E-state index contributed by atoms with van der Waals surface area (Å²) >= 11 is 13.3. The van der Waals surface area contributed by atoms with E-state index in [9.17, 15) is 13.2 Å². The molecule has 0 radical (unpaired) electrons. The van der Waals surface area contributed by atoms with E-state index in [-0.39, 0.29) is 10.0 Å². The van der Waals surface area contributed by atoms with Crippen LogP contribution in [0.15, 0.2) is 36.0 Å². The van der Waals surface area contributed by atoms with Crippen LogP contribution >= 0.6 is 34.5 Å². The quantitative estimate of drug-likeness (QED) is 0.500. The molecule has 1 aromatic carbocycles. The number of pyridine rings is 1. The number of rotatable bonds is 2. The molecule has 0 N–H and O–H groups in total. The minimum absolute atomic E-state index is 0.0846. The van der Waals surface area contributed by atoms with Gasteiger partial charge in [0.05, 0.1) is 21.3 Å². The van der Waals surface area contributed by atoms with Crippen molar-refractivity contribution < 1.29 is 13.2 Å². The summed E-state index contributed by atoms with van der Waals surface area (Å²) in [6, 6.07) is 3.57. The number of nitrogens with zero attached hydrogens (tertiary/aromatic N) is 2. The first-order valence-corrected chi connectivity index (χ1v) is 8.34. The van der Waals surface area contributed by atoms with Gasteiger partial charge < -0.3 is 0 Å². The molecule has 0 unspecified atom stereocenters. The normalized spacial score (nSPS) is 11.8. The summed E-state index contributed by atoms with van der Waals surface area (Å²) < 4.78 is 38.4. The fourth-order valence-electron chi connectivity index (χ4n) is 2.19. The lowest BCUT2D eigenvalue weighted by Crippen LogP contribution is -2.05. The number of alkyl halides is 3. The highest BCUT2D eigenvalue weighted by Gasteiger charge is 2.32. The molecular formula is C16H9Cl2F3N2S. The zero-order valence-electron chi connectivity index (χ0n) is 12.2. The van der Waals surface area contributed by atoms with Crippen LogP contribution in [0.1, 0.15) is 11.1 Å². The van der Waals surface area contributed by atoms with Crippen LogP contribution in [0.2, 0.25) is 10.0 Å². The molecule has 0 amide bonds. The maximum Gasteiger partial charge on any atom is 0.416 e. The smallest absolute Gasteiger partial charge is 0.264 e. The molecule has 0 aliphatic heterocycles. The Morgan fingerprint density at radius 2 is 1.79 bits per heavy atom. The topological polar surface area (TPSA) is 25.8 Å². The van der Waals surface area contributed by atoms with Crippen LogP contribution in [0.3, 0.4) is 0 Å². The van der Waals surface area contributed by atoms with Gasteiger partial charge in [0, 0.05) is 28.9 Å². The average molecular weight is 389 g/mol. The molecule has 8 heteroatoms. The molecule has 3 rings (SSSR count). The SMILES string of the molecule is Cc1ccncc1-c1csc(-c2c(Cl)cc(C(F)(F)F)cc2Cl)n1. The molecule has 0 saturated heterocycles. The minimum atomic E-state index is -4.51. The van der Waals surface area contributed by atoms with E-state index >= 15 is 0 Å². The molecule has 2 heterocycles. The van der Waals surface area contributed by atoms with E-state index in [0.717, 1.165) is 23.3 Å². The Morgan fingerprint density at radius 1 is 1.12 bits per heavy atom. The zero-order valence-corrected chi connectivity index (χ0v) is 14.5. The number of benzene rings is 1. The third-order valence-electron chi connectivity index (χ3n) is 3.40. The lowest BCUT2D eigenvalue weighted by atomic mass is 10.1. The first-order valence-electron chi connectivity index (χ1n) is 6.70. The van der Waals surface area contributed by atoms with Crippen LogP contribution in [0.4, 0.5) is 13.2 Å². The van der Waals surface area contributed by atoms with Gasteiger partial charge in [-0.1, -0.05) is 23.2 Å². The van der Waals surface area contributed by atoms with Gasteiger partial charge in [-0.25, -0.2) is 4.98 Å². The molecule has 2 nitrogen and oxygen atoms in total. The van der Waals surface area contributed by atoms with Gasteiger partial charge in [0.25, 0.3) is 0 Å². The van der Waals surface area contributed by atoms with Crippen LogP contribution in [0, 0.1) is 6.92 Å². The van der Waals surface area contributed by atoms with E-state index in [1.807, 2.05) is 13.0 Å². The Hall–Kier alpha value is -1.63. The summed E-state index contributed by atoms with van der Waals surface area (Å²) in [5.74, 6) is 0. The van der Waals surface area contributed by atoms with Gasteiger partial charge in [0.2, 0.25) is 0 Å². The first kappa shape index (κ1) is 17.2. The number of halogens is 5. The zero-order chi connectivity index (χ0) is 17.5. The molecule has 0 fully saturated rings. The van der Waals surface area contributed by atoms with Gasteiger partial charge >= 0.3 is 6.18 Å². The Morgan fingerprint density at radius 3 is 2.38 bits per heavy atom. The summed E-state index contributed by atoms with van der Waals surface area (Å²) in [6.45, 7) is 1.92. The molecule has 3 aromatic rings. The third-order valence-corrected chi connectivity index (χ3v) is 4.86. The van der Waals surface area contributed by atoms with Gasteiger partial charge in [-0.05, 0) is 30.7 Å². The van der Waals surface area contributed by atoms with Crippen molar-refractivity contribution in [1.82, 2.24) is 9.97 Å². The second-order valence-corrected chi connectivity index (χ2v) is 6.71. The van der Waals surface area contributed by atoms with Gasteiger partial charge in [-0.2, -0.15) is 13.2 Å². The summed E-state index contributed by atoms with van der Waals surface area (Å²) in [7, 11) is 0. The number of thiazole rings is 1. The highest BCUT2D eigenvalue weighted by molar-refractivity contribution is 7.13. The first-order chi connectivity index (χ1) is 11.3.